The smallest absolute Gasteiger partial charge is 0.255 e. The van der Waals surface area contributed by atoms with Crippen LogP contribution in [0.2, 0.25) is 0 Å². The first-order valence-corrected chi connectivity index (χ1v) is 8.83. The van der Waals surface area contributed by atoms with Crippen LogP contribution in [0, 0.1) is 6.92 Å². The molecule has 3 rings (SSSR count). The van der Waals surface area contributed by atoms with Gasteiger partial charge in [0.05, 0.1) is 7.11 Å². The third kappa shape index (κ3) is 4.98. The topological polar surface area (TPSA) is 64.6 Å². The number of nitrogens with one attached hydrogen (secondary N) is 1. The Morgan fingerprint density at radius 1 is 0.857 bits per heavy atom. The summed E-state index contributed by atoms with van der Waals surface area (Å²) >= 11 is 0. The molecule has 0 aliphatic carbocycles. The van der Waals surface area contributed by atoms with E-state index in [1.807, 2.05) is 19.1 Å². The molecule has 0 radical (unpaired) electrons. The number of methoxy groups -OCH3 is 1. The van der Waals surface area contributed by atoms with E-state index in [2.05, 4.69) is 5.32 Å². The predicted molar refractivity (Wildman–Crippen MR) is 108 cm³/mol. The Balaban J connectivity index is 1.62. The molecule has 0 fully saturated rings. The summed E-state index contributed by atoms with van der Waals surface area (Å²) in [4.78, 5) is 24.6. The Kier molecular flexibility index (Phi) is 6.07. The van der Waals surface area contributed by atoms with E-state index in [1.54, 1.807) is 67.8 Å². The van der Waals surface area contributed by atoms with Gasteiger partial charge in [0.25, 0.3) is 5.91 Å². The number of ketones is 1. The van der Waals surface area contributed by atoms with Crippen molar-refractivity contribution < 1.29 is 19.1 Å². The molecular weight excluding hydrogens is 354 g/mol. The predicted octanol–water partition coefficient (Wildman–Crippen LogP) is 4.52. The summed E-state index contributed by atoms with van der Waals surface area (Å²) in [6, 6.07) is 21.2. The van der Waals surface area contributed by atoms with Crippen molar-refractivity contribution in [1.29, 1.82) is 0 Å². The summed E-state index contributed by atoms with van der Waals surface area (Å²) < 4.78 is 10.7. The summed E-state index contributed by atoms with van der Waals surface area (Å²) in [5.41, 5.74) is 2.78. The van der Waals surface area contributed by atoms with E-state index in [1.165, 1.54) is 0 Å². The molecule has 0 saturated heterocycles. The molecule has 0 aromatic heterocycles. The molecule has 1 N–H and O–H groups in total. The molecule has 0 aliphatic rings. The van der Waals surface area contributed by atoms with E-state index in [9.17, 15) is 9.59 Å². The van der Waals surface area contributed by atoms with E-state index in [0.717, 1.165) is 5.56 Å². The average molecular weight is 375 g/mol. The van der Waals surface area contributed by atoms with Gasteiger partial charge in [-0.2, -0.15) is 0 Å². The molecule has 5 nitrogen and oxygen atoms in total. The highest BCUT2D eigenvalue weighted by atomic mass is 16.5. The van der Waals surface area contributed by atoms with Gasteiger partial charge in [0, 0.05) is 22.9 Å². The van der Waals surface area contributed by atoms with Crippen LogP contribution in [0.4, 0.5) is 5.69 Å². The van der Waals surface area contributed by atoms with E-state index < -0.39 is 0 Å². The molecule has 5 heteroatoms. The second-order valence-electron chi connectivity index (χ2n) is 6.29. The van der Waals surface area contributed by atoms with Gasteiger partial charge in [-0.05, 0) is 43.3 Å². The van der Waals surface area contributed by atoms with Crippen LogP contribution in [-0.4, -0.2) is 25.4 Å². The number of aryl methyl sites for hydroxylation is 1. The molecule has 142 valence electrons. The molecule has 0 spiro atoms. The third-order valence-electron chi connectivity index (χ3n) is 4.17. The van der Waals surface area contributed by atoms with Crippen molar-refractivity contribution in [3.8, 4) is 11.5 Å². The van der Waals surface area contributed by atoms with Crippen molar-refractivity contribution in [3.63, 3.8) is 0 Å². The van der Waals surface area contributed by atoms with E-state index >= 15 is 0 Å². The molecule has 0 bridgehead atoms. The summed E-state index contributed by atoms with van der Waals surface area (Å²) in [7, 11) is 1.55. The van der Waals surface area contributed by atoms with E-state index in [4.69, 9.17) is 9.47 Å². The van der Waals surface area contributed by atoms with Gasteiger partial charge in [-0.25, -0.2) is 0 Å². The lowest BCUT2D eigenvalue weighted by Crippen LogP contribution is -2.13. The Morgan fingerprint density at radius 3 is 2.32 bits per heavy atom. The Bertz CT molecular complexity index is 980. The van der Waals surface area contributed by atoms with Crippen molar-refractivity contribution in [2.75, 3.05) is 19.0 Å². The molecule has 0 atom stereocenters. The highest BCUT2D eigenvalue weighted by molar-refractivity contribution is 6.04. The number of ether oxygens (including phenoxy) is 2. The van der Waals surface area contributed by atoms with Crippen LogP contribution in [0.1, 0.15) is 26.3 Å². The number of hydrogen-bond acceptors (Lipinski definition) is 4. The minimum atomic E-state index is -0.204. The fourth-order valence-corrected chi connectivity index (χ4v) is 2.60. The minimum absolute atomic E-state index is 0.109. The standard InChI is InChI=1S/C23H21NO4/c1-16-9-11-17(12-10-16)23(26)24-19-6-4-8-21(14-19)28-15-22(25)18-5-3-7-20(13-18)27-2/h3-14H,15H2,1-2H3,(H,24,26). The van der Waals surface area contributed by atoms with Crippen molar-refractivity contribution in [1.82, 2.24) is 0 Å². The zero-order valence-electron chi connectivity index (χ0n) is 15.8. The highest BCUT2D eigenvalue weighted by Gasteiger charge is 2.10. The van der Waals surface area contributed by atoms with Gasteiger partial charge in [0.15, 0.2) is 12.4 Å². The van der Waals surface area contributed by atoms with E-state index in [0.29, 0.717) is 28.3 Å². The van der Waals surface area contributed by atoms with Gasteiger partial charge < -0.3 is 14.8 Å². The molecular formula is C23H21NO4. The summed E-state index contributed by atoms with van der Waals surface area (Å²) in [6.07, 6.45) is 0. The Labute approximate surface area is 163 Å². The monoisotopic (exact) mass is 375 g/mol. The quantitative estimate of drug-likeness (QED) is 0.617. The largest absolute Gasteiger partial charge is 0.497 e. The first-order valence-electron chi connectivity index (χ1n) is 8.83. The van der Waals surface area contributed by atoms with Crippen LogP contribution in [-0.2, 0) is 0 Å². The lowest BCUT2D eigenvalue weighted by molar-refractivity contribution is 0.0920. The second kappa shape index (κ2) is 8.86. The van der Waals surface area contributed by atoms with Crippen molar-refractivity contribution in [2.24, 2.45) is 0 Å². The fraction of sp³-hybridized carbons (Fsp3) is 0.130. The molecule has 0 saturated carbocycles. The Hall–Kier alpha value is -3.60. The van der Waals surface area contributed by atoms with Crippen LogP contribution >= 0.6 is 0 Å². The van der Waals surface area contributed by atoms with Crippen LogP contribution in [0.25, 0.3) is 0 Å². The molecule has 0 heterocycles. The normalized spacial score (nSPS) is 10.2. The first kappa shape index (κ1) is 19.2. The first-order chi connectivity index (χ1) is 13.5. The molecule has 28 heavy (non-hydrogen) atoms. The fourth-order valence-electron chi connectivity index (χ4n) is 2.60. The van der Waals surface area contributed by atoms with Crippen molar-refractivity contribution in [2.45, 2.75) is 6.92 Å². The number of benzene rings is 3. The maximum atomic E-state index is 12.3. The van der Waals surface area contributed by atoms with Crippen molar-refractivity contribution in [3.05, 3.63) is 89.5 Å². The maximum Gasteiger partial charge on any atom is 0.255 e. The Morgan fingerprint density at radius 2 is 1.57 bits per heavy atom. The number of rotatable bonds is 7. The number of hydrogen-bond donors (Lipinski definition) is 1. The van der Waals surface area contributed by atoms with Gasteiger partial charge in [-0.15, -0.1) is 0 Å². The molecule has 1 amide bonds. The molecule has 0 unspecified atom stereocenters. The summed E-state index contributed by atoms with van der Waals surface area (Å²) in [5.74, 6) is 0.752. The number of carbonyl (C=O) groups excluding carboxylic acids is 2. The number of carbonyl (C=O) groups is 2. The zero-order valence-corrected chi connectivity index (χ0v) is 15.8. The zero-order chi connectivity index (χ0) is 19.9. The average Bonchev–Trinajstić information content (AvgIpc) is 2.72. The third-order valence-corrected chi connectivity index (χ3v) is 4.17. The maximum absolute atomic E-state index is 12.3. The SMILES string of the molecule is COc1cccc(C(=O)COc2cccc(NC(=O)c3ccc(C)cc3)c2)c1. The second-order valence-corrected chi connectivity index (χ2v) is 6.29. The van der Waals surface area contributed by atoms with Gasteiger partial charge in [-0.3, -0.25) is 9.59 Å². The van der Waals surface area contributed by atoms with Crippen LogP contribution < -0.4 is 14.8 Å². The van der Waals surface area contributed by atoms with Gasteiger partial charge in [0.1, 0.15) is 11.5 Å². The lowest BCUT2D eigenvalue weighted by atomic mass is 10.1. The van der Waals surface area contributed by atoms with E-state index in [-0.39, 0.29) is 18.3 Å². The summed E-state index contributed by atoms with van der Waals surface area (Å²) in [6.45, 7) is 1.86. The molecule has 3 aromatic carbocycles. The van der Waals surface area contributed by atoms with Crippen LogP contribution in [0.15, 0.2) is 72.8 Å². The molecule has 0 aliphatic heterocycles. The number of anilines is 1. The van der Waals surface area contributed by atoms with Crippen LogP contribution in [0.5, 0.6) is 11.5 Å². The van der Waals surface area contributed by atoms with Gasteiger partial charge in [0.2, 0.25) is 0 Å². The van der Waals surface area contributed by atoms with Crippen LogP contribution in [0.3, 0.4) is 0 Å². The van der Waals surface area contributed by atoms with Gasteiger partial charge in [-0.1, -0.05) is 35.9 Å². The molecule has 3 aromatic rings. The lowest BCUT2D eigenvalue weighted by Gasteiger charge is -2.09. The van der Waals surface area contributed by atoms with Gasteiger partial charge >= 0.3 is 0 Å². The number of amides is 1. The highest BCUT2D eigenvalue weighted by Crippen LogP contribution is 2.19. The van der Waals surface area contributed by atoms with Crippen molar-refractivity contribution >= 4 is 17.4 Å². The number of Topliss-reactive ketones (excluding diaryl/α,β-unsaturated/α-hetero) is 1. The minimum Gasteiger partial charge on any atom is -0.497 e. The summed E-state index contributed by atoms with van der Waals surface area (Å²) in [5, 5.41) is 2.83.